The number of aryl methyl sites for hydroxylation is 1. The highest BCUT2D eigenvalue weighted by atomic mass is 32.2. The summed E-state index contributed by atoms with van der Waals surface area (Å²) in [4.78, 5) is 13.8. The number of aliphatic imine (C=N–C) groups is 1. The van der Waals surface area contributed by atoms with Crippen molar-refractivity contribution in [2.24, 2.45) is 4.99 Å². The van der Waals surface area contributed by atoms with Crippen LogP contribution in [0.2, 0.25) is 0 Å². The van der Waals surface area contributed by atoms with Crippen molar-refractivity contribution in [2.45, 2.75) is 24.8 Å². The average Bonchev–Trinajstić information content (AvgIpc) is 3.18. The summed E-state index contributed by atoms with van der Waals surface area (Å²) in [6.07, 6.45) is 2.07. The number of hydrogen-bond acceptors (Lipinski definition) is 7. The molecule has 0 unspecified atom stereocenters. The minimum absolute atomic E-state index is 0.333. The Morgan fingerprint density at radius 1 is 1.21 bits per heavy atom. The topological polar surface area (TPSA) is 90.8 Å². The van der Waals surface area contributed by atoms with Crippen molar-refractivity contribution in [3.63, 3.8) is 0 Å². The lowest BCUT2D eigenvalue weighted by atomic mass is 10.2. The van der Waals surface area contributed by atoms with Gasteiger partial charge in [-0.2, -0.15) is 4.37 Å². The molecule has 2 aromatic rings. The number of nitrogens with one attached hydrogen (secondary N) is 1. The molecule has 0 aliphatic carbocycles. The molecule has 28 heavy (non-hydrogen) atoms. The van der Waals surface area contributed by atoms with Crippen LogP contribution < -0.4 is 10.2 Å². The fourth-order valence-corrected chi connectivity index (χ4v) is 4.43. The van der Waals surface area contributed by atoms with E-state index in [0.29, 0.717) is 11.4 Å². The zero-order chi connectivity index (χ0) is 20.1. The number of anilines is 1. The molecule has 1 aliphatic rings. The SMILES string of the molecule is CCc1nsc(N2CCN(C(=NC)NCc3ccc(S(C)(=O)=O)cc3)CC2)n1. The lowest BCUT2D eigenvalue weighted by Crippen LogP contribution is -2.52. The van der Waals surface area contributed by atoms with Crippen molar-refractivity contribution >= 4 is 32.5 Å². The lowest BCUT2D eigenvalue weighted by molar-refractivity contribution is 0.372. The van der Waals surface area contributed by atoms with Crippen molar-refractivity contribution in [2.75, 3.05) is 44.4 Å². The normalized spacial score (nSPS) is 15.8. The smallest absolute Gasteiger partial charge is 0.205 e. The maximum atomic E-state index is 11.6. The molecule has 8 nitrogen and oxygen atoms in total. The second-order valence-electron chi connectivity index (χ2n) is 6.64. The quantitative estimate of drug-likeness (QED) is 0.575. The highest BCUT2D eigenvalue weighted by molar-refractivity contribution is 7.90. The molecule has 3 rings (SSSR count). The molecule has 0 spiro atoms. The summed E-state index contributed by atoms with van der Waals surface area (Å²) in [6.45, 7) is 6.12. The Hall–Kier alpha value is -2.20. The molecule has 0 atom stereocenters. The molecule has 0 bridgehead atoms. The van der Waals surface area contributed by atoms with E-state index in [1.807, 2.05) is 12.1 Å². The summed E-state index contributed by atoms with van der Waals surface area (Å²) in [7, 11) is -1.39. The van der Waals surface area contributed by atoms with Crippen LogP contribution in [0.5, 0.6) is 0 Å². The van der Waals surface area contributed by atoms with Crippen molar-refractivity contribution in [1.29, 1.82) is 0 Å². The van der Waals surface area contributed by atoms with Gasteiger partial charge in [-0.25, -0.2) is 13.4 Å². The van der Waals surface area contributed by atoms with Crippen molar-refractivity contribution < 1.29 is 8.42 Å². The van der Waals surface area contributed by atoms with Crippen molar-refractivity contribution in [3.8, 4) is 0 Å². The molecule has 1 N–H and O–H groups in total. The van der Waals surface area contributed by atoms with E-state index in [0.717, 1.165) is 55.1 Å². The largest absolute Gasteiger partial charge is 0.352 e. The van der Waals surface area contributed by atoms with E-state index in [1.165, 1.54) is 17.8 Å². The van der Waals surface area contributed by atoms with Crippen molar-refractivity contribution in [1.82, 2.24) is 19.6 Å². The number of aromatic nitrogens is 2. The molecule has 0 saturated carbocycles. The zero-order valence-corrected chi connectivity index (χ0v) is 18.1. The van der Waals surface area contributed by atoms with Gasteiger partial charge in [0.05, 0.1) is 4.90 Å². The number of hydrogen-bond donors (Lipinski definition) is 1. The van der Waals surface area contributed by atoms with E-state index in [-0.39, 0.29) is 0 Å². The lowest BCUT2D eigenvalue weighted by Gasteiger charge is -2.36. The molecule has 10 heteroatoms. The van der Waals surface area contributed by atoms with Crippen LogP contribution in [0.4, 0.5) is 5.13 Å². The van der Waals surface area contributed by atoms with E-state index >= 15 is 0 Å². The third-order valence-electron chi connectivity index (χ3n) is 4.64. The minimum atomic E-state index is -3.17. The molecule has 0 radical (unpaired) electrons. The third-order valence-corrected chi connectivity index (χ3v) is 6.58. The summed E-state index contributed by atoms with van der Waals surface area (Å²) in [5, 5.41) is 4.36. The highest BCUT2D eigenvalue weighted by Crippen LogP contribution is 2.19. The van der Waals surface area contributed by atoms with Crippen LogP contribution in [0.3, 0.4) is 0 Å². The molecule has 2 heterocycles. The van der Waals surface area contributed by atoms with E-state index in [4.69, 9.17) is 0 Å². The van der Waals surface area contributed by atoms with Crippen LogP contribution in [0.1, 0.15) is 18.3 Å². The van der Waals surface area contributed by atoms with Gasteiger partial charge in [-0.05, 0) is 17.7 Å². The fraction of sp³-hybridized carbons (Fsp3) is 0.500. The predicted molar refractivity (Wildman–Crippen MR) is 113 cm³/mol. The van der Waals surface area contributed by atoms with Gasteiger partial charge in [-0.1, -0.05) is 19.1 Å². The number of guanidine groups is 1. The fourth-order valence-electron chi connectivity index (χ4n) is 2.99. The zero-order valence-electron chi connectivity index (χ0n) is 16.4. The second-order valence-corrected chi connectivity index (χ2v) is 9.38. The number of nitrogens with zero attached hydrogens (tertiary/aromatic N) is 5. The average molecular weight is 423 g/mol. The van der Waals surface area contributed by atoms with Crippen LogP contribution in [0.15, 0.2) is 34.2 Å². The highest BCUT2D eigenvalue weighted by Gasteiger charge is 2.22. The summed E-state index contributed by atoms with van der Waals surface area (Å²) in [5.41, 5.74) is 1.01. The molecule has 152 valence electrons. The van der Waals surface area contributed by atoms with Crippen LogP contribution in [0.25, 0.3) is 0 Å². The Morgan fingerprint density at radius 2 is 1.89 bits per heavy atom. The molecular weight excluding hydrogens is 396 g/mol. The van der Waals surface area contributed by atoms with E-state index in [1.54, 1.807) is 19.2 Å². The van der Waals surface area contributed by atoms with E-state index in [9.17, 15) is 8.42 Å². The summed E-state index contributed by atoms with van der Waals surface area (Å²) in [5.74, 6) is 1.75. The van der Waals surface area contributed by atoms with Crippen LogP contribution in [-0.2, 0) is 22.8 Å². The first-order valence-corrected chi connectivity index (χ1v) is 11.9. The molecule has 1 fully saturated rings. The van der Waals surface area contributed by atoms with Gasteiger partial charge >= 0.3 is 0 Å². The van der Waals surface area contributed by atoms with Gasteiger partial charge in [-0.3, -0.25) is 4.99 Å². The van der Waals surface area contributed by atoms with Gasteiger partial charge in [0.15, 0.2) is 15.8 Å². The van der Waals surface area contributed by atoms with E-state index < -0.39 is 9.84 Å². The maximum absolute atomic E-state index is 11.6. The molecule has 1 saturated heterocycles. The van der Waals surface area contributed by atoms with Gasteiger partial charge < -0.3 is 15.1 Å². The number of benzene rings is 1. The Kier molecular flexibility index (Phi) is 6.50. The van der Waals surface area contributed by atoms with Gasteiger partial charge in [0, 0.05) is 64.0 Å². The number of rotatable bonds is 5. The predicted octanol–water partition coefficient (Wildman–Crippen LogP) is 1.40. The molecule has 0 amide bonds. The van der Waals surface area contributed by atoms with Crippen LogP contribution in [-0.4, -0.2) is 68.1 Å². The van der Waals surface area contributed by atoms with Gasteiger partial charge in [0.2, 0.25) is 5.13 Å². The van der Waals surface area contributed by atoms with Crippen LogP contribution in [0, 0.1) is 0 Å². The van der Waals surface area contributed by atoms with Crippen molar-refractivity contribution in [3.05, 3.63) is 35.7 Å². The standard InChI is InChI=1S/C18H26N6O2S2/c1-4-16-21-18(27-22-16)24-11-9-23(10-12-24)17(19-2)20-13-14-5-7-15(8-6-14)28(3,25)26/h5-8H,4,9-13H2,1-3H3,(H,19,20). The Morgan fingerprint density at radius 3 is 2.43 bits per heavy atom. The van der Waals surface area contributed by atoms with Gasteiger partial charge in [-0.15, -0.1) is 0 Å². The maximum Gasteiger partial charge on any atom is 0.205 e. The van der Waals surface area contributed by atoms with Gasteiger partial charge in [0.25, 0.3) is 0 Å². The molecular formula is C18H26N6O2S2. The Labute approximate surface area is 170 Å². The monoisotopic (exact) mass is 422 g/mol. The Bertz CT molecular complexity index is 916. The van der Waals surface area contributed by atoms with E-state index in [2.05, 4.69) is 36.4 Å². The molecule has 1 aromatic heterocycles. The summed E-state index contributed by atoms with van der Waals surface area (Å²) in [6, 6.07) is 6.94. The first kappa shape index (κ1) is 20.5. The Balaban J connectivity index is 1.53. The minimum Gasteiger partial charge on any atom is -0.352 e. The third kappa shape index (κ3) is 4.99. The summed E-state index contributed by atoms with van der Waals surface area (Å²) < 4.78 is 27.5. The first-order chi connectivity index (χ1) is 13.4. The molecule has 1 aliphatic heterocycles. The molecule has 1 aromatic carbocycles. The van der Waals surface area contributed by atoms with Crippen LogP contribution >= 0.6 is 11.5 Å². The number of sulfone groups is 1. The summed E-state index contributed by atoms with van der Waals surface area (Å²) >= 11 is 1.46. The van der Waals surface area contributed by atoms with Gasteiger partial charge in [0.1, 0.15) is 5.82 Å². The second kappa shape index (κ2) is 8.87. The number of piperazine rings is 1. The first-order valence-electron chi connectivity index (χ1n) is 9.23.